The zero-order chi connectivity index (χ0) is 25.6. The van der Waals surface area contributed by atoms with Gasteiger partial charge in [0.25, 0.3) is 5.82 Å². The molecule has 2 aliphatic heterocycles. The van der Waals surface area contributed by atoms with Gasteiger partial charge in [-0.3, -0.25) is 4.81 Å². The molecule has 2 unspecified atom stereocenters. The molecule has 4 heterocycles. The highest BCUT2D eigenvalue weighted by atomic mass is 15.4. The van der Waals surface area contributed by atoms with Crippen molar-refractivity contribution < 1.29 is 4.57 Å². The molecule has 2 aromatic carbocycles. The van der Waals surface area contributed by atoms with E-state index < -0.39 is 0 Å². The number of fused-ring (bicyclic) bond motifs is 3. The van der Waals surface area contributed by atoms with Crippen molar-refractivity contribution in [3.05, 3.63) is 110 Å². The van der Waals surface area contributed by atoms with Crippen LogP contribution >= 0.6 is 0 Å². The fourth-order valence-corrected chi connectivity index (χ4v) is 6.39. The molecule has 0 amide bonds. The SMILES string of the molecule is CCC1(C)B2N(c3ccc(-c4ccccc4)cn3)C=CN2c2ccc(-c3ccccc3)c[n+]2C1(C)CC. The Morgan fingerprint density at radius 1 is 0.703 bits per heavy atom. The summed E-state index contributed by atoms with van der Waals surface area (Å²) in [5.41, 5.74) is 4.74. The molecule has 0 saturated carbocycles. The molecule has 4 nitrogen and oxygen atoms in total. The zero-order valence-corrected chi connectivity index (χ0v) is 22.2. The Bertz CT molecular complexity index is 1440. The topological polar surface area (TPSA) is 23.3 Å². The van der Waals surface area contributed by atoms with Crippen molar-refractivity contribution in [2.75, 3.05) is 9.62 Å². The second-order valence-electron chi connectivity index (χ2n) is 10.7. The summed E-state index contributed by atoms with van der Waals surface area (Å²) in [6, 6.07) is 30.0. The Kier molecular flexibility index (Phi) is 5.67. The number of rotatable bonds is 5. The lowest BCUT2D eigenvalue weighted by Gasteiger charge is -2.51. The van der Waals surface area contributed by atoms with Crippen molar-refractivity contribution in [3.63, 3.8) is 0 Å². The monoisotopic (exact) mass is 485 g/mol. The van der Waals surface area contributed by atoms with Crippen LogP contribution in [0.4, 0.5) is 11.6 Å². The van der Waals surface area contributed by atoms with Crippen LogP contribution < -0.4 is 14.2 Å². The van der Waals surface area contributed by atoms with E-state index in [1.165, 1.54) is 22.5 Å². The summed E-state index contributed by atoms with van der Waals surface area (Å²) < 4.78 is 2.54. The first-order valence-corrected chi connectivity index (χ1v) is 13.4. The molecule has 0 spiro atoms. The van der Waals surface area contributed by atoms with E-state index in [1.807, 2.05) is 12.3 Å². The zero-order valence-electron chi connectivity index (χ0n) is 22.2. The lowest BCUT2D eigenvalue weighted by atomic mass is 9.39. The molecular formula is C32H34BN4+. The summed E-state index contributed by atoms with van der Waals surface area (Å²) in [5.74, 6) is 2.20. The van der Waals surface area contributed by atoms with Crippen LogP contribution in [0.5, 0.6) is 0 Å². The van der Waals surface area contributed by atoms with Crippen LogP contribution in [0, 0.1) is 0 Å². The number of hydrogen-bond donors (Lipinski definition) is 0. The second-order valence-corrected chi connectivity index (χ2v) is 10.7. The maximum Gasteiger partial charge on any atom is 0.517 e. The van der Waals surface area contributed by atoms with Crippen molar-refractivity contribution in [1.29, 1.82) is 0 Å². The molecule has 0 radical (unpaired) electrons. The lowest BCUT2D eigenvalue weighted by Crippen LogP contribution is -2.74. The van der Waals surface area contributed by atoms with Gasteiger partial charge in [0.1, 0.15) is 11.4 Å². The Morgan fingerprint density at radius 2 is 1.32 bits per heavy atom. The first-order chi connectivity index (χ1) is 18.0. The molecule has 6 rings (SSSR count). The van der Waals surface area contributed by atoms with E-state index in [0.717, 1.165) is 24.2 Å². The molecule has 0 aliphatic carbocycles. The number of nitrogens with zero attached hydrogens (tertiary/aromatic N) is 4. The van der Waals surface area contributed by atoms with Crippen molar-refractivity contribution in [2.24, 2.45) is 0 Å². The van der Waals surface area contributed by atoms with Gasteiger partial charge in [0.2, 0.25) is 0 Å². The number of anilines is 2. The van der Waals surface area contributed by atoms with Crippen LogP contribution in [-0.4, -0.2) is 12.0 Å². The number of hydrogen-bond acceptors (Lipinski definition) is 3. The first kappa shape index (κ1) is 23.5. The Morgan fingerprint density at radius 3 is 1.92 bits per heavy atom. The van der Waals surface area contributed by atoms with Gasteiger partial charge < -0.3 is 4.81 Å². The number of aromatic nitrogens is 2. The van der Waals surface area contributed by atoms with Gasteiger partial charge in [-0.15, -0.1) is 0 Å². The molecule has 0 saturated heterocycles. The van der Waals surface area contributed by atoms with Gasteiger partial charge in [-0.25, -0.2) is 9.55 Å². The molecule has 37 heavy (non-hydrogen) atoms. The van der Waals surface area contributed by atoms with E-state index in [0.29, 0.717) is 0 Å². The maximum absolute atomic E-state index is 4.95. The van der Waals surface area contributed by atoms with Crippen LogP contribution in [0.2, 0.25) is 5.31 Å². The van der Waals surface area contributed by atoms with Crippen LogP contribution in [0.1, 0.15) is 40.5 Å². The molecule has 0 N–H and O–H groups in total. The largest absolute Gasteiger partial charge is 0.517 e. The predicted molar refractivity (Wildman–Crippen MR) is 154 cm³/mol. The van der Waals surface area contributed by atoms with Crippen LogP contribution in [-0.2, 0) is 5.54 Å². The van der Waals surface area contributed by atoms with Gasteiger partial charge >= 0.3 is 6.98 Å². The Hall–Kier alpha value is -3.86. The first-order valence-electron chi connectivity index (χ1n) is 13.4. The van der Waals surface area contributed by atoms with Crippen LogP contribution in [0.25, 0.3) is 22.3 Å². The predicted octanol–water partition coefficient (Wildman–Crippen LogP) is 7.30. The summed E-state index contributed by atoms with van der Waals surface area (Å²) in [5, 5.41) is -0.0436. The Balaban J connectivity index is 1.44. The molecular weight excluding hydrogens is 451 g/mol. The summed E-state index contributed by atoms with van der Waals surface area (Å²) in [6.45, 7) is 9.70. The van der Waals surface area contributed by atoms with Gasteiger partial charge in [0.05, 0.1) is 17.7 Å². The third-order valence-electron chi connectivity index (χ3n) is 9.09. The standard InChI is InChI=1S/C32H34BN4/c1-5-31(3)32(4,6-2)35-24-28(26-15-11-8-12-16-26)18-20-30(35)37-22-21-36(33(31)37)29-19-17-27(23-34-29)25-13-9-7-10-14-25/h7-24H,5-6H2,1-4H3/q+1. The molecule has 184 valence electrons. The van der Waals surface area contributed by atoms with Crippen LogP contribution in [0.15, 0.2) is 110 Å². The third kappa shape index (κ3) is 3.52. The number of benzene rings is 2. The average Bonchev–Trinajstić information content (AvgIpc) is 3.42. The van der Waals surface area contributed by atoms with Gasteiger partial charge in [-0.2, -0.15) is 0 Å². The van der Waals surface area contributed by atoms with E-state index in [1.54, 1.807) is 0 Å². The normalized spacial score (nSPS) is 22.2. The van der Waals surface area contributed by atoms with Crippen LogP contribution in [0.3, 0.4) is 0 Å². The highest BCUT2D eigenvalue weighted by molar-refractivity contribution is 6.72. The minimum atomic E-state index is -0.0860. The highest BCUT2D eigenvalue weighted by Crippen LogP contribution is 2.55. The lowest BCUT2D eigenvalue weighted by molar-refractivity contribution is -0.758. The average molecular weight is 485 g/mol. The molecule has 4 aromatic rings. The van der Waals surface area contributed by atoms with E-state index in [9.17, 15) is 0 Å². The highest BCUT2D eigenvalue weighted by Gasteiger charge is 2.68. The third-order valence-corrected chi connectivity index (χ3v) is 9.09. The van der Waals surface area contributed by atoms with Crippen molar-refractivity contribution in [3.8, 4) is 22.3 Å². The van der Waals surface area contributed by atoms with Crippen molar-refractivity contribution in [2.45, 2.75) is 51.4 Å². The van der Waals surface area contributed by atoms with E-state index in [-0.39, 0.29) is 17.8 Å². The van der Waals surface area contributed by atoms with Gasteiger partial charge in [-0.05, 0) is 49.1 Å². The van der Waals surface area contributed by atoms with E-state index in [4.69, 9.17) is 4.98 Å². The minimum absolute atomic E-state index is 0.0436. The van der Waals surface area contributed by atoms with Gasteiger partial charge in [0.15, 0.2) is 0 Å². The van der Waals surface area contributed by atoms with E-state index >= 15 is 0 Å². The summed E-state index contributed by atoms with van der Waals surface area (Å²) in [7, 11) is 0. The molecule has 0 bridgehead atoms. The number of pyridine rings is 2. The smallest absolute Gasteiger partial charge is 0.331 e. The van der Waals surface area contributed by atoms with Gasteiger partial charge in [0, 0.05) is 29.6 Å². The quantitative estimate of drug-likeness (QED) is 0.219. The molecule has 2 aliphatic rings. The summed E-state index contributed by atoms with van der Waals surface area (Å²) in [6.07, 6.45) is 10.9. The maximum atomic E-state index is 4.95. The van der Waals surface area contributed by atoms with Gasteiger partial charge in [-0.1, -0.05) is 81.4 Å². The van der Waals surface area contributed by atoms with Crippen molar-refractivity contribution >= 4 is 18.6 Å². The molecule has 2 atom stereocenters. The van der Waals surface area contributed by atoms with Crippen molar-refractivity contribution in [1.82, 2.24) is 4.98 Å². The second kappa shape index (κ2) is 8.91. The molecule has 2 aromatic heterocycles. The fourth-order valence-electron chi connectivity index (χ4n) is 6.39. The van der Waals surface area contributed by atoms with E-state index in [2.05, 4.69) is 139 Å². The molecule has 5 heteroatoms. The minimum Gasteiger partial charge on any atom is -0.331 e. The fraction of sp³-hybridized carbons (Fsp3) is 0.250. The molecule has 0 fully saturated rings. The summed E-state index contributed by atoms with van der Waals surface area (Å²) in [4.78, 5) is 9.78. The summed E-state index contributed by atoms with van der Waals surface area (Å²) >= 11 is 0. The Labute approximate surface area is 221 Å².